The van der Waals surface area contributed by atoms with Gasteiger partial charge in [-0.25, -0.2) is 0 Å². The standard InChI is InChI=1S/C14H15F3N2S/c15-14(16,17)9-3-1-2-8(6-9)13-19-11-5-4-10(18)7-12(11)20-13/h1-3,6,10-12H,4-5,7,18H2. The highest BCUT2D eigenvalue weighted by atomic mass is 32.2. The zero-order chi connectivity index (χ0) is 14.3. The minimum absolute atomic E-state index is 0.194. The van der Waals surface area contributed by atoms with E-state index in [2.05, 4.69) is 4.99 Å². The Morgan fingerprint density at radius 2 is 2.05 bits per heavy atom. The molecule has 0 radical (unpaired) electrons. The van der Waals surface area contributed by atoms with E-state index in [1.165, 1.54) is 12.1 Å². The van der Waals surface area contributed by atoms with Crippen molar-refractivity contribution in [3.63, 3.8) is 0 Å². The van der Waals surface area contributed by atoms with E-state index in [1.807, 2.05) is 0 Å². The van der Waals surface area contributed by atoms with Crippen LogP contribution in [0.3, 0.4) is 0 Å². The summed E-state index contributed by atoms with van der Waals surface area (Å²) in [5, 5.41) is 1.04. The molecule has 3 unspecified atom stereocenters. The summed E-state index contributed by atoms with van der Waals surface area (Å²) in [5.41, 5.74) is 5.89. The summed E-state index contributed by atoms with van der Waals surface area (Å²) in [7, 11) is 0. The molecule has 6 heteroatoms. The lowest BCUT2D eigenvalue weighted by Crippen LogP contribution is -2.35. The molecule has 1 aromatic carbocycles. The van der Waals surface area contributed by atoms with Gasteiger partial charge in [-0.15, -0.1) is 11.8 Å². The van der Waals surface area contributed by atoms with E-state index < -0.39 is 11.7 Å². The molecular weight excluding hydrogens is 285 g/mol. The molecule has 3 atom stereocenters. The predicted molar refractivity (Wildman–Crippen MR) is 75.0 cm³/mol. The average Bonchev–Trinajstić information content (AvgIpc) is 2.81. The lowest BCUT2D eigenvalue weighted by atomic mass is 9.92. The maximum Gasteiger partial charge on any atom is 0.416 e. The van der Waals surface area contributed by atoms with Crippen LogP contribution in [0.1, 0.15) is 30.4 Å². The summed E-state index contributed by atoms with van der Waals surface area (Å²) in [6, 6.07) is 5.81. The lowest BCUT2D eigenvalue weighted by molar-refractivity contribution is -0.137. The lowest BCUT2D eigenvalue weighted by Gasteiger charge is -2.27. The molecule has 1 saturated carbocycles. The second-order valence-corrected chi connectivity index (χ2v) is 6.54. The average molecular weight is 300 g/mol. The maximum atomic E-state index is 12.7. The molecule has 2 aliphatic rings. The normalized spacial score (nSPS) is 30.0. The minimum atomic E-state index is -4.31. The summed E-state index contributed by atoms with van der Waals surface area (Å²) in [5.74, 6) is 0. The van der Waals surface area contributed by atoms with Crippen LogP contribution < -0.4 is 5.73 Å². The first-order valence-corrected chi connectivity index (χ1v) is 7.49. The number of thioether (sulfide) groups is 1. The maximum absolute atomic E-state index is 12.7. The predicted octanol–water partition coefficient (Wildman–Crippen LogP) is 3.45. The molecule has 1 fully saturated rings. The molecule has 108 valence electrons. The van der Waals surface area contributed by atoms with Crippen LogP contribution in [-0.4, -0.2) is 22.4 Å². The second kappa shape index (κ2) is 5.07. The molecule has 20 heavy (non-hydrogen) atoms. The van der Waals surface area contributed by atoms with E-state index in [0.29, 0.717) is 10.8 Å². The van der Waals surface area contributed by atoms with Gasteiger partial charge in [0.15, 0.2) is 0 Å². The third-order valence-electron chi connectivity index (χ3n) is 3.78. The van der Waals surface area contributed by atoms with E-state index in [4.69, 9.17) is 5.73 Å². The highest BCUT2D eigenvalue weighted by Crippen LogP contribution is 2.39. The van der Waals surface area contributed by atoms with Crippen molar-refractivity contribution >= 4 is 16.8 Å². The number of hydrogen-bond acceptors (Lipinski definition) is 3. The molecule has 1 aliphatic heterocycles. The Morgan fingerprint density at radius 3 is 2.80 bits per heavy atom. The molecule has 0 aromatic heterocycles. The van der Waals surface area contributed by atoms with E-state index in [1.54, 1.807) is 17.8 Å². The Bertz CT molecular complexity index is 541. The van der Waals surface area contributed by atoms with Crippen molar-refractivity contribution < 1.29 is 13.2 Å². The molecule has 0 bridgehead atoms. The third kappa shape index (κ3) is 2.72. The smallest absolute Gasteiger partial charge is 0.328 e. The number of nitrogens with zero attached hydrogens (tertiary/aromatic N) is 1. The zero-order valence-corrected chi connectivity index (χ0v) is 11.5. The number of fused-ring (bicyclic) bond motifs is 1. The molecule has 0 spiro atoms. The van der Waals surface area contributed by atoms with Crippen molar-refractivity contribution in [1.29, 1.82) is 0 Å². The van der Waals surface area contributed by atoms with Gasteiger partial charge in [0.25, 0.3) is 0 Å². The summed E-state index contributed by atoms with van der Waals surface area (Å²) >= 11 is 1.57. The molecule has 2 N–H and O–H groups in total. The van der Waals surface area contributed by atoms with Crippen LogP contribution in [0.2, 0.25) is 0 Å². The van der Waals surface area contributed by atoms with E-state index in [9.17, 15) is 13.2 Å². The first-order chi connectivity index (χ1) is 9.43. The van der Waals surface area contributed by atoms with Crippen molar-refractivity contribution in [3.05, 3.63) is 35.4 Å². The molecular formula is C14H15F3N2S. The molecule has 1 heterocycles. The van der Waals surface area contributed by atoms with Gasteiger partial charge in [0, 0.05) is 16.9 Å². The van der Waals surface area contributed by atoms with Gasteiger partial charge in [0.1, 0.15) is 0 Å². The second-order valence-electron chi connectivity index (χ2n) is 5.31. The Balaban J connectivity index is 1.84. The van der Waals surface area contributed by atoms with Crippen LogP contribution in [0.4, 0.5) is 13.2 Å². The molecule has 1 aliphatic carbocycles. The fourth-order valence-electron chi connectivity index (χ4n) is 2.71. The monoisotopic (exact) mass is 300 g/mol. The first kappa shape index (κ1) is 13.9. The fraction of sp³-hybridized carbons (Fsp3) is 0.500. The SMILES string of the molecule is NC1CCC2N=C(c3cccc(C(F)(F)F)c3)SC2C1. The van der Waals surface area contributed by atoms with E-state index in [-0.39, 0.29) is 12.1 Å². The van der Waals surface area contributed by atoms with Gasteiger partial charge in [-0.3, -0.25) is 4.99 Å². The Kier molecular flexibility index (Phi) is 3.54. The van der Waals surface area contributed by atoms with Crippen molar-refractivity contribution in [2.24, 2.45) is 10.7 Å². The van der Waals surface area contributed by atoms with Gasteiger partial charge >= 0.3 is 6.18 Å². The van der Waals surface area contributed by atoms with Crippen molar-refractivity contribution in [2.45, 2.75) is 42.8 Å². The molecule has 1 aromatic rings. The number of alkyl halides is 3. The quantitative estimate of drug-likeness (QED) is 0.862. The summed E-state index contributed by atoms with van der Waals surface area (Å²) in [6.07, 6.45) is -1.54. The highest BCUT2D eigenvalue weighted by molar-refractivity contribution is 8.15. The van der Waals surface area contributed by atoms with Crippen LogP contribution in [-0.2, 0) is 6.18 Å². The number of rotatable bonds is 1. The van der Waals surface area contributed by atoms with Gasteiger partial charge in [0.2, 0.25) is 0 Å². The van der Waals surface area contributed by atoms with Gasteiger partial charge in [-0.1, -0.05) is 12.1 Å². The van der Waals surface area contributed by atoms with Crippen LogP contribution in [0.15, 0.2) is 29.3 Å². The van der Waals surface area contributed by atoms with Crippen LogP contribution >= 0.6 is 11.8 Å². The number of benzene rings is 1. The van der Waals surface area contributed by atoms with Gasteiger partial charge in [-0.05, 0) is 31.4 Å². The fourth-order valence-corrected chi connectivity index (χ4v) is 4.16. The molecule has 0 amide bonds. The zero-order valence-electron chi connectivity index (χ0n) is 10.7. The third-order valence-corrected chi connectivity index (χ3v) is 5.15. The van der Waals surface area contributed by atoms with Crippen LogP contribution in [0, 0.1) is 0 Å². The number of aliphatic imine (C=N–C) groups is 1. The van der Waals surface area contributed by atoms with E-state index in [0.717, 1.165) is 30.4 Å². The number of nitrogens with two attached hydrogens (primary N) is 1. The molecule has 2 nitrogen and oxygen atoms in total. The van der Waals surface area contributed by atoms with Crippen molar-refractivity contribution in [3.8, 4) is 0 Å². The summed E-state index contributed by atoms with van der Waals surface area (Å²) < 4.78 is 38.2. The van der Waals surface area contributed by atoms with Crippen LogP contribution in [0.25, 0.3) is 0 Å². The minimum Gasteiger partial charge on any atom is -0.328 e. The van der Waals surface area contributed by atoms with E-state index >= 15 is 0 Å². The Morgan fingerprint density at radius 1 is 1.25 bits per heavy atom. The van der Waals surface area contributed by atoms with Gasteiger partial charge in [-0.2, -0.15) is 13.2 Å². The first-order valence-electron chi connectivity index (χ1n) is 6.61. The van der Waals surface area contributed by atoms with Gasteiger partial charge < -0.3 is 5.73 Å². The highest BCUT2D eigenvalue weighted by Gasteiger charge is 2.36. The van der Waals surface area contributed by atoms with Crippen molar-refractivity contribution in [2.75, 3.05) is 0 Å². The Labute approximate surface area is 119 Å². The summed E-state index contributed by atoms with van der Waals surface area (Å²) in [4.78, 5) is 4.59. The largest absolute Gasteiger partial charge is 0.416 e. The Hall–Kier alpha value is -1.01. The molecule has 3 rings (SSSR count). The van der Waals surface area contributed by atoms with Crippen molar-refractivity contribution in [1.82, 2.24) is 0 Å². The van der Waals surface area contributed by atoms with Gasteiger partial charge in [0.05, 0.1) is 16.6 Å². The van der Waals surface area contributed by atoms with Crippen LogP contribution in [0.5, 0.6) is 0 Å². The molecule has 0 saturated heterocycles. The summed E-state index contributed by atoms with van der Waals surface area (Å²) in [6.45, 7) is 0. The number of hydrogen-bond donors (Lipinski definition) is 1. The topological polar surface area (TPSA) is 38.4 Å². The number of halogens is 3.